The fourth-order valence-electron chi connectivity index (χ4n) is 5.66. The van der Waals surface area contributed by atoms with Crippen molar-refractivity contribution in [2.24, 2.45) is 17.8 Å². The van der Waals surface area contributed by atoms with Gasteiger partial charge in [0.05, 0.1) is 22.9 Å². The number of ether oxygens (including phenoxy) is 1. The standard InChI is InChI=1S/C25H22BrNO6/c1-27-24(31)15-7-6-14-16(21(15)25(27)32)10-17-22(19(29)11-18(26)23(17)30)20(14)12-2-4-13(5-3-12)33-9-8-28/h2-6,11,15-16,20-21,28H,7-10H2,1H3/t15-,16+,20-,21-/m0/s1. The van der Waals surface area contributed by atoms with Crippen molar-refractivity contribution in [2.75, 3.05) is 20.3 Å². The van der Waals surface area contributed by atoms with Crippen molar-refractivity contribution >= 4 is 39.3 Å². The number of imide groups is 1. The Hall–Kier alpha value is -2.84. The number of aliphatic hydroxyl groups excluding tert-OH is 1. The first-order valence-electron chi connectivity index (χ1n) is 10.9. The van der Waals surface area contributed by atoms with E-state index in [1.807, 2.05) is 18.2 Å². The summed E-state index contributed by atoms with van der Waals surface area (Å²) in [4.78, 5) is 53.1. The fraction of sp³-hybridized carbons (Fsp3) is 0.360. The molecule has 1 aromatic rings. The predicted molar refractivity (Wildman–Crippen MR) is 121 cm³/mol. The number of hydrogen-bond donors (Lipinski definition) is 1. The van der Waals surface area contributed by atoms with Gasteiger partial charge in [-0.25, -0.2) is 0 Å². The summed E-state index contributed by atoms with van der Waals surface area (Å²) in [5.74, 6) is -2.06. The van der Waals surface area contributed by atoms with Gasteiger partial charge in [0.15, 0.2) is 11.6 Å². The molecule has 2 amide bonds. The lowest BCUT2D eigenvalue weighted by Gasteiger charge is -2.42. The largest absolute Gasteiger partial charge is 0.491 e. The third kappa shape index (κ3) is 3.35. The van der Waals surface area contributed by atoms with E-state index in [1.54, 1.807) is 12.1 Å². The highest BCUT2D eigenvalue weighted by Gasteiger charge is 2.55. The maximum absolute atomic E-state index is 13.1. The van der Waals surface area contributed by atoms with Crippen molar-refractivity contribution in [1.82, 2.24) is 4.90 Å². The fourth-order valence-corrected chi connectivity index (χ4v) is 6.11. The van der Waals surface area contributed by atoms with Crippen LogP contribution in [0.3, 0.4) is 0 Å². The monoisotopic (exact) mass is 511 g/mol. The minimum absolute atomic E-state index is 0.100. The van der Waals surface area contributed by atoms with Gasteiger partial charge >= 0.3 is 0 Å². The zero-order chi connectivity index (χ0) is 23.4. The van der Waals surface area contributed by atoms with Gasteiger partial charge in [0, 0.05) is 30.2 Å². The van der Waals surface area contributed by atoms with E-state index in [9.17, 15) is 19.2 Å². The molecule has 7 nitrogen and oxygen atoms in total. The molecule has 33 heavy (non-hydrogen) atoms. The number of likely N-dealkylation sites (tertiary alicyclic amines) is 1. The van der Waals surface area contributed by atoms with Crippen molar-refractivity contribution in [3.63, 3.8) is 0 Å². The number of halogens is 1. The van der Waals surface area contributed by atoms with Crippen LogP contribution in [0.15, 0.2) is 57.6 Å². The Labute approximate surface area is 198 Å². The van der Waals surface area contributed by atoms with Crippen molar-refractivity contribution < 1.29 is 29.0 Å². The molecule has 1 aromatic carbocycles. The molecular formula is C25H22BrNO6. The SMILES string of the molecule is CN1C(=O)[C@H]2[C@H](CC=C3[C@H](c4ccc(OCCO)cc4)C4=C(C[C@H]32)C(=O)C(Br)=CC4=O)C1=O. The van der Waals surface area contributed by atoms with Crippen LogP contribution in [-0.2, 0) is 19.2 Å². The molecule has 1 fully saturated rings. The summed E-state index contributed by atoms with van der Waals surface area (Å²) in [5.41, 5.74) is 2.59. The highest BCUT2D eigenvalue weighted by atomic mass is 79.9. The zero-order valence-electron chi connectivity index (χ0n) is 17.9. The first kappa shape index (κ1) is 22.0. The molecular weight excluding hydrogens is 490 g/mol. The van der Waals surface area contributed by atoms with Crippen molar-refractivity contribution in [2.45, 2.75) is 18.8 Å². The smallest absolute Gasteiger partial charge is 0.233 e. The molecule has 3 aliphatic carbocycles. The number of allylic oxidation sites excluding steroid dienone is 6. The third-order valence-corrected chi connectivity index (χ3v) is 7.71. The number of Topliss-reactive ketones (excluding diaryl/α,β-unsaturated/α-hetero) is 1. The molecule has 0 aromatic heterocycles. The summed E-state index contributed by atoms with van der Waals surface area (Å²) in [6.07, 6.45) is 4.00. The summed E-state index contributed by atoms with van der Waals surface area (Å²) in [6, 6.07) is 7.21. The Balaban J connectivity index is 1.63. The van der Waals surface area contributed by atoms with E-state index in [0.29, 0.717) is 23.3 Å². The van der Waals surface area contributed by atoms with Gasteiger partial charge in [0.1, 0.15) is 12.4 Å². The molecule has 1 N–H and O–H groups in total. The number of aliphatic hydroxyl groups is 1. The van der Waals surface area contributed by atoms with Gasteiger partial charge in [-0.3, -0.25) is 24.1 Å². The van der Waals surface area contributed by atoms with Crippen LogP contribution in [-0.4, -0.2) is 53.6 Å². The highest BCUT2D eigenvalue weighted by Crippen LogP contribution is 2.55. The second-order valence-corrected chi connectivity index (χ2v) is 9.62. The van der Waals surface area contributed by atoms with Gasteiger partial charge in [-0.05, 0) is 52.4 Å². The van der Waals surface area contributed by atoms with Crippen LogP contribution in [0.25, 0.3) is 0 Å². The summed E-state index contributed by atoms with van der Waals surface area (Å²) in [6.45, 7) is 0.0700. The van der Waals surface area contributed by atoms with Gasteiger partial charge in [-0.1, -0.05) is 23.8 Å². The number of ketones is 2. The van der Waals surface area contributed by atoms with Gasteiger partial charge in [0.2, 0.25) is 11.8 Å². The Morgan fingerprint density at radius 3 is 2.52 bits per heavy atom. The first-order chi connectivity index (χ1) is 15.8. The molecule has 5 rings (SSSR count). The average Bonchev–Trinajstić information content (AvgIpc) is 3.04. The molecule has 0 spiro atoms. The van der Waals surface area contributed by atoms with Gasteiger partial charge < -0.3 is 9.84 Å². The molecule has 4 aliphatic rings. The lowest BCUT2D eigenvalue weighted by molar-refractivity contribution is -0.138. The number of carbonyl (C=O) groups is 4. The van der Waals surface area contributed by atoms with E-state index in [4.69, 9.17) is 9.84 Å². The quantitative estimate of drug-likeness (QED) is 0.378. The third-order valence-electron chi connectivity index (χ3n) is 7.13. The average molecular weight is 512 g/mol. The van der Waals surface area contributed by atoms with E-state index >= 15 is 0 Å². The topological polar surface area (TPSA) is 101 Å². The van der Waals surface area contributed by atoms with Gasteiger partial charge in [0.25, 0.3) is 0 Å². The van der Waals surface area contributed by atoms with Crippen LogP contribution in [0.5, 0.6) is 5.75 Å². The minimum atomic E-state index is -0.529. The Morgan fingerprint density at radius 2 is 1.82 bits per heavy atom. The molecule has 0 bridgehead atoms. The molecule has 0 unspecified atom stereocenters. The first-order valence-corrected chi connectivity index (χ1v) is 11.7. The number of fused-ring (bicyclic) bond motifs is 3. The van der Waals surface area contributed by atoms with Crippen LogP contribution in [0.2, 0.25) is 0 Å². The summed E-state index contributed by atoms with van der Waals surface area (Å²) in [7, 11) is 1.51. The number of amides is 2. The van der Waals surface area contributed by atoms with Gasteiger partial charge in [-0.15, -0.1) is 0 Å². The molecule has 0 saturated carbocycles. The van der Waals surface area contributed by atoms with E-state index in [0.717, 1.165) is 11.1 Å². The maximum Gasteiger partial charge on any atom is 0.233 e. The second kappa shape index (κ2) is 8.18. The molecule has 0 radical (unpaired) electrons. The Morgan fingerprint density at radius 1 is 1.09 bits per heavy atom. The maximum atomic E-state index is 13.1. The second-order valence-electron chi connectivity index (χ2n) is 8.77. The lowest BCUT2D eigenvalue weighted by atomic mass is 9.59. The van der Waals surface area contributed by atoms with E-state index in [-0.39, 0.29) is 53.4 Å². The Kier molecular flexibility index (Phi) is 5.45. The number of rotatable bonds is 4. The molecule has 4 atom stereocenters. The predicted octanol–water partition coefficient (Wildman–Crippen LogP) is 2.45. The lowest BCUT2D eigenvalue weighted by Crippen LogP contribution is -2.39. The number of carbonyl (C=O) groups excluding carboxylic acids is 4. The summed E-state index contributed by atoms with van der Waals surface area (Å²) >= 11 is 3.22. The molecule has 1 saturated heterocycles. The zero-order valence-corrected chi connectivity index (χ0v) is 19.5. The van der Waals surface area contributed by atoms with Crippen LogP contribution in [0.1, 0.15) is 24.3 Å². The van der Waals surface area contributed by atoms with Crippen LogP contribution in [0, 0.1) is 17.8 Å². The normalized spacial score (nSPS) is 28.9. The van der Waals surface area contributed by atoms with E-state index in [2.05, 4.69) is 15.9 Å². The number of nitrogens with zero attached hydrogens (tertiary/aromatic N) is 1. The van der Waals surface area contributed by atoms with Crippen molar-refractivity contribution in [3.05, 3.63) is 63.2 Å². The van der Waals surface area contributed by atoms with Crippen LogP contribution >= 0.6 is 15.9 Å². The van der Waals surface area contributed by atoms with E-state index in [1.165, 1.54) is 18.0 Å². The number of benzene rings is 1. The molecule has 170 valence electrons. The van der Waals surface area contributed by atoms with Crippen molar-refractivity contribution in [3.8, 4) is 5.75 Å². The molecule has 8 heteroatoms. The number of hydrogen-bond acceptors (Lipinski definition) is 6. The molecule has 1 aliphatic heterocycles. The molecule has 1 heterocycles. The minimum Gasteiger partial charge on any atom is -0.491 e. The summed E-state index contributed by atoms with van der Waals surface area (Å²) < 4.78 is 5.67. The van der Waals surface area contributed by atoms with Gasteiger partial charge in [-0.2, -0.15) is 0 Å². The van der Waals surface area contributed by atoms with E-state index < -0.39 is 17.8 Å². The summed E-state index contributed by atoms with van der Waals surface area (Å²) in [5, 5.41) is 8.98. The van der Waals surface area contributed by atoms with Crippen LogP contribution < -0.4 is 4.74 Å². The highest BCUT2D eigenvalue weighted by molar-refractivity contribution is 9.12. The van der Waals surface area contributed by atoms with Crippen molar-refractivity contribution in [1.29, 1.82) is 0 Å². The van der Waals surface area contributed by atoms with Crippen LogP contribution in [0.4, 0.5) is 0 Å². The Bertz CT molecular complexity index is 1180.